The number of likely N-dealkylation sites (tertiary alicyclic amines) is 1. The quantitative estimate of drug-likeness (QED) is 0.520. The fourth-order valence-electron chi connectivity index (χ4n) is 4.44. The maximum Gasteiger partial charge on any atom is 0.335 e. The average molecular weight is 453 g/mol. The highest BCUT2D eigenvalue weighted by molar-refractivity contribution is 6.03. The van der Waals surface area contributed by atoms with Crippen molar-refractivity contribution >= 4 is 17.9 Å². The van der Waals surface area contributed by atoms with Crippen molar-refractivity contribution in [1.82, 2.24) is 9.80 Å². The predicted molar refractivity (Wildman–Crippen MR) is 125 cm³/mol. The Morgan fingerprint density at radius 1 is 1.06 bits per heavy atom. The minimum atomic E-state index is -1.03. The summed E-state index contributed by atoms with van der Waals surface area (Å²) < 4.78 is 6.17. The summed E-state index contributed by atoms with van der Waals surface area (Å²) in [6.45, 7) is 8.30. The van der Waals surface area contributed by atoms with Gasteiger partial charge in [-0.05, 0) is 56.0 Å². The summed E-state index contributed by atoms with van der Waals surface area (Å²) >= 11 is 0. The van der Waals surface area contributed by atoms with Gasteiger partial charge in [0.15, 0.2) is 6.23 Å². The number of hydrogen-bond acceptors (Lipinski definition) is 4. The van der Waals surface area contributed by atoms with E-state index in [1.165, 1.54) is 17.0 Å². The lowest BCUT2D eigenvalue weighted by Crippen LogP contribution is -2.74. The minimum absolute atomic E-state index is 0.142. The van der Waals surface area contributed by atoms with Crippen LogP contribution < -0.4 is 4.74 Å². The smallest absolute Gasteiger partial charge is 0.335 e. The van der Waals surface area contributed by atoms with E-state index in [0.717, 1.165) is 12.0 Å². The number of hydrogen-bond donors (Lipinski definition) is 1. The van der Waals surface area contributed by atoms with Gasteiger partial charge in [0.1, 0.15) is 11.2 Å². The molecular weight excluding hydrogens is 420 g/mol. The van der Waals surface area contributed by atoms with Gasteiger partial charge in [-0.2, -0.15) is 0 Å². The van der Waals surface area contributed by atoms with Crippen LogP contribution in [0.3, 0.4) is 0 Å². The third kappa shape index (κ3) is 4.45. The topological polar surface area (TPSA) is 87.2 Å². The maximum atomic E-state index is 13.7. The van der Waals surface area contributed by atoms with Gasteiger partial charge in [-0.1, -0.05) is 51.1 Å². The number of carbonyl (C=O) groups excluding carboxylic acids is 2. The zero-order chi connectivity index (χ0) is 24.2. The Kier molecular flexibility index (Phi) is 7.41. The lowest BCUT2D eigenvalue weighted by Gasteiger charge is -2.54. The van der Waals surface area contributed by atoms with Crippen molar-refractivity contribution in [3.8, 4) is 5.75 Å². The summed E-state index contributed by atoms with van der Waals surface area (Å²) in [4.78, 5) is 41.1. The first kappa shape index (κ1) is 24.3. The number of aromatic carboxylic acids is 1. The number of ether oxygens (including phenoxy) is 1. The van der Waals surface area contributed by atoms with Crippen molar-refractivity contribution in [2.45, 2.75) is 59.2 Å². The average Bonchev–Trinajstić information content (AvgIpc) is 2.83. The summed E-state index contributed by atoms with van der Waals surface area (Å²) in [6, 6.07) is 15.2. The van der Waals surface area contributed by atoms with Crippen LogP contribution in [-0.2, 0) is 4.79 Å². The van der Waals surface area contributed by atoms with Crippen LogP contribution >= 0.6 is 0 Å². The molecule has 1 fully saturated rings. The molecule has 0 spiro atoms. The lowest BCUT2D eigenvalue weighted by molar-refractivity contribution is -0.192. The highest BCUT2D eigenvalue weighted by atomic mass is 16.5. The zero-order valence-electron chi connectivity index (χ0n) is 19.7. The van der Waals surface area contributed by atoms with E-state index in [2.05, 4.69) is 0 Å². The van der Waals surface area contributed by atoms with Gasteiger partial charge in [0, 0.05) is 6.54 Å². The second-order valence-electron chi connectivity index (χ2n) is 8.40. The van der Waals surface area contributed by atoms with Crippen molar-refractivity contribution < 1.29 is 24.2 Å². The molecular formula is C26H32N2O5. The predicted octanol–water partition coefficient (Wildman–Crippen LogP) is 5.33. The van der Waals surface area contributed by atoms with Crippen LogP contribution in [-0.4, -0.2) is 45.6 Å². The molecule has 7 nitrogen and oxygen atoms in total. The van der Waals surface area contributed by atoms with Crippen LogP contribution in [0.2, 0.25) is 0 Å². The number of carboxylic acids is 1. The van der Waals surface area contributed by atoms with E-state index >= 15 is 0 Å². The molecule has 3 amide bonds. The molecule has 7 heteroatoms. The first-order valence-corrected chi connectivity index (χ1v) is 11.5. The summed E-state index contributed by atoms with van der Waals surface area (Å²) in [6.07, 6.45) is 1.06. The van der Waals surface area contributed by atoms with Gasteiger partial charge >= 0.3 is 12.0 Å². The highest BCUT2D eigenvalue weighted by Crippen LogP contribution is 2.47. The molecule has 3 rings (SSSR count). The molecule has 0 aromatic heterocycles. The number of imide groups is 1. The maximum absolute atomic E-state index is 13.7. The Morgan fingerprint density at radius 2 is 1.67 bits per heavy atom. The van der Waals surface area contributed by atoms with Crippen LogP contribution in [0.25, 0.3) is 0 Å². The molecule has 176 valence electrons. The monoisotopic (exact) mass is 452 g/mol. The normalized spacial score (nSPS) is 17.8. The fraction of sp³-hybridized carbons (Fsp3) is 0.423. The number of urea groups is 1. The van der Waals surface area contributed by atoms with E-state index in [9.17, 15) is 14.4 Å². The van der Waals surface area contributed by atoms with Crippen molar-refractivity contribution in [2.75, 3.05) is 6.54 Å². The second-order valence-corrected chi connectivity index (χ2v) is 8.40. The number of nitrogens with zero attached hydrogens (tertiary/aromatic N) is 2. The van der Waals surface area contributed by atoms with Gasteiger partial charge in [-0.15, -0.1) is 0 Å². The molecule has 0 radical (unpaired) electrons. The van der Waals surface area contributed by atoms with E-state index in [4.69, 9.17) is 9.84 Å². The van der Waals surface area contributed by atoms with E-state index in [1.807, 2.05) is 58.0 Å². The van der Waals surface area contributed by atoms with Crippen LogP contribution in [0, 0.1) is 5.41 Å². The molecule has 0 bridgehead atoms. The number of amides is 3. The second kappa shape index (κ2) is 10.1. The van der Waals surface area contributed by atoms with Crippen LogP contribution in [0.15, 0.2) is 54.6 Å². The molecule has 0 unspecified atom stereocenters. The Morgan fingerprint density at radius 3 is 2.18 bits per heavy atom. The minimum Gasteiger partial charge on any atom is -0.478 e. The fourth-order valence-corrected chi connectivity index (χ4v) is 4.44. The Bertz CT molecular complexity index is 986. The molecule has 2 aromatic carbocycles. The number of carboxylic acid groups (broad SMARTS) is 1. The lowest BCUT2D eigenvalue weighted by atomic mass is 9.72. The number of β-lactam (4-membered cyclic amide) rings is 1. The summed E-state index contributed by atoms with van der Waals surface area (Å²) in [5.74, 6) is -0.843. The van der Waals surface area contributed by atoms with Gasteiger partial charge in [-0.3, -0.25) is 4.79 Å². The molecule has 33 heavy (non-hydrogen) atoms. The van der Waals surface area contributed by atoms with E-state index in [-0.39, 0.29) is 23.5 Å². The van der Waals surface area contributed by atoms with Gasteiger partial charge < -0.3 is 14.7 Å². The molecule has 0 aliphatic carbocycles. The molecule has 2 atom stereocenters. The van der Waals surface area contributed by atoms with E-state index < -0.39 is 17.6 Å². The van der Waals surface area contributed by atoms with Crippen LogP contribution in [0.1, 0.15) is 68.9 Å². The summed E-state index contributed by atoms with van der Waals surface area (Å²) in [5, 5.41) is 9.14. The first-order chi connectivity index (χ1) is 15.8. The van der Waals surface area contributed by atoms with Gasteiger partial charge in [0.2, 0.25) is 5.91 Å². The molecule has 2 aromatic rings. The largest absolute Gasteiger partial charge is 0.478 e. The Balaban J connectivity index is 1.91. The summed E-state index contributed by atoms with van der Waals surface area (Å²) in [7, 11) is 0. The first-order valence-electron chi connectivity index (χ1n) is 11.5. The number of rotatable bonds is 9. The third-order valence-electron chi connectivity index (χ3n) is 6.63. The van der Waals surface area contributed by atoms with E-state index in [1.54, 1.807) is 17.0 Å². The highest BCUT2D eigenvalue weighted by Gasteiger charge is 2.63. The molecule has 1 aliphatic rings. The van der Waals surface area contributed by atoms with Crippen LogP contribution in [0.4, 0.5) is 4.79 Å². The third-order valence-corrected chi connectivity index (χ3v) is 6.63. The standard InChI is InChI=1S/C26H32N2O5/c1-5-17-27(18(4)19-11-9-8-10-12-19)25(32)28-23(31)26(6-2,7-3)24(28)33-21-15-13-20(14-16-21)22(29)30/h8-16,18,24H,5-7,17H2,1-4H3,(H,29,30)/t18-,24+/m1/s1. The van der Waals surface area contributed by atoms with Gasteiger partial charge in [-0.25, -0.2) is 14.5 Å². The van der Waals surface area contributed by atoms with Gasteiger partial charge in [0.05, 0.1) is 11.6 Å². The molecule has 1 aliphatic heterocycles. The summed E-state index contributed by atoms with van der Waals surface area (Å²) in [5.41, 5.74) is 0.337. The molecule has 1 N–H and O–H groups in total. The van der Waals surface area contributed by atoms with Crippen molar-refractivity contribution in [2.24, 2.45) is 5.41 Å². The Hall–Kier alpha value is -3.35. The molecule has 0 saturated carbocycles. The molecule has 1 heterocycles. The van der Waals surface area contributed by atoms with Crippen LogP contribution in [0.5, 0.6) is 5.75 Å². The molecule has 1 saturated heterocycles. The van der Waals surface area contributed by atoms with E-state index in [0.29, 0.717) is 25.1 Å². The number of carbonyl (C=O) groups is 3. The van der Waals surface area contributed by atoms with Crippen molar-refractivity contribution in [1.29, 1.82) is 0 Å². The number of benzene rings is 2. The van der Waals surface area contributed by atoms with Crippen molar-refractivity contribution in [3.05, 3.63) is 65.7 Å². The zero-order valence-corrected chi connectivity index (χ0v) is 19.7. The van der Waals surface area contributed by atoms with Crippen molar-refractivity contribution in [3.63, 3.8) is 0 Å². The Labute approximate surface area is 195 Å². The SMILES string of the molecule is CCCN(C(=O)N1C(=O)C(CC)(CC)[C@@H]1Oc1ccc(C(=O)O)cc1)[C@H](C)c1ccccc1. The van der Waals surface area contributed by atoms with Gasteiger partial charge in [0.25, 0.3) is 0 Å².